The number of ether oxygens (including phenoxy) is 1. The van der Waals surface area contributed by atoms with Crippen LogP contribution in [0.2, 0.25) is 0 Å². The average Bonchev–Trinajstić information content (AvgIpc) is 3.20. The molecule has 8 nitrogen and oxygen atoms in total. The molecule has 0 fully saturated rings. The van der Waals surface area contributed by atoms with Crippen molar-refractivity contribution in [3.8, 4) is 5.75 Å². The number of aryl methyl sites for hydroxylation is 1. The summed E-state index contributed by atoms with van der Waals surface area (Å²) in [5.74, 6) is -1.36. The Morgan fingerprint density at radius 1 is 1.12 bits per heavy atom. The van der Waals surface area contributed by atoms with Crippen molar-refractivity contribution in [3.63, 3.8) is 0 Å². The third kappa shape index (κ3) is 4.74. The minimum Gasteiger partial charge on any atom is -0.481 e. The van der Waals surface area contributed by atoms with Crippen molar-refractivity contribution in [3.05, 3.63) is 76.3 Å². The van der Waals surface area contributed by atoms with Gasteiger partial charge in [0.2, 0.25) is 0 Å². The molecule has 2 atom stereocenters. The van der Waals surface area contributed by atoms with Crippen molar-refractivity contribution >= 4 is 33.7 Å². The Hall–Kier alpha value is -4.07. The first-order valence-electron chi connectivity index (χ1n) is 10.7. The van der Waals surface area contributed by atoms with E-state index in [0.717, 1.165) is 27.4 Å². The summed E-state index contributed by atoms with van der Waals surface area (Å²) in [4.78, 5) is 39.4. The number of carbonyl (C=O) groups is 2. The molecule has 0 radical (unpaired) electrons. The van der Waals surface area contributed by atoms with Gasteiger partial charge in [0.15, 0.2) is 6.10 Å². The highest BCUT2D eigenvalue weighted by atomic mass is 16.5. The number of hydrogen-bond donors (Lipinski definition) is 3. The molecule has 0 aliphatic rings. The van der Waals surface area contributed by atoms with Crippen LogP contribution in [-0.4, -0.2) is 34.1 Å². The van der Waals surface area contributed by atoms with Gasteiger partial charge in [-0.2, -0.15) is 0 Å². The van der Waals surface area contributed by atoms with E-state index < -0.39 is 29.6 Å². The smallest absolute Gasteiger partial charge is 0.336 e. The molecule has 2 aromatic carbocycles. The zero-order chi connectivity index (χ0) is 23.5. The van der Waals surface area contributed by atoms with Crippen LogP contribution in [0.4, 0.5) is 0 Å². The molecule has 0 aliphatic heterocycles. The molecule has 0 spiro atoms. The third-order valence-corrected chi connectivity index (χ3v) is 5.58. The van der Waals surface area contributed by atoms with Crippen LogP contribution in [0.25, 0.3) is 21.9 Å². The lowest BCUT2D eigenvalue weighted by Gasteiger charge is -2.19. The number of H-pyrrole nitrogens is 1. The first-order chi connectivity index (χ1) is 15.9. The maximum absolute atomic E-state index is 12.7. The predicted molar refractivity (Wildman–Crippen MR) is 124 cm³/mol. The zero-order valence-electron chi connectivity index (χ0n) is 18.3. The van der Waals surface area contributed by atoms with E-state index >= 15 is 0 Å². The number of aliphatic carboxylic acids is 1. The van der Waals surface area contributed by atoms with Crippen molar-refractivity contribution in [2.24, 2.45) is 0 Å². The summed E-state index contributed by atoms with van der Waals surface area (Å²) >= 11 is 0. The molecule has 33 heavy (non-hydrogen) atoms. The lowest BCUT2D eigenvalue weighted by molar-refractivity contribution is -0.142. The number of carboxylic acids is 1. The van der Waals surface area contributed by atoms with Gasteiger partial charge in [-0.25, -0.2) is 9.59 Å². The van der Waals surface area contributed by atoms with Crippen LogP contribution in [0.15, 0.2) is 63.9 Å². The lowest BCUT2D eigenvalue weighted by atomic mass is 10.0. The fourth-order valence-corrected chi connectivity index (χ4v) is 3.84. The summed E-state index contributed by atoms with van der Waals surface area (Å²) in [7, 11) is 0. The monoisotopic (exact) mass is 448 g/mol. The quantitative estimate of drug-likeness (QED) is 0.355. The zero-order valence-corrected chi connectivity index (χ0v) is 18.3. The van der Waals surface area contributed by atoms with Crippen molar-refractivity contribution in [2.75, 3.05) is 0 Å². The van der Waals surface area contributed by atoms with Gasteiger partial charge in [0.25, 0.3) is 5.91 Å². The summed E-state index contributed by atoms with van der Waals surface area (Å²) in [6.45, 7) is 3.48. The molecular weight excluding hydrogens is 424 g/mol. The van der Waals surface area contributed by atoms with Gasteiger partial charge in [-0.3, -0.25) is 4.79 Å². The molecule has 0 bridgehead atoms. The molecule has 0 saturated carbocycles. The van der Waals surface area contributed by atoms with E-state index in [2.05, 4.69) is 10.3 Å². The Balaban J connectivity index is 1.47. The van der Waals surface area contributed by atoms with Crippen molar-refractivity contribution < 1.29 is 23.8 Å². The molecule has 0 aliphatic carbocycles. The molecule has 4 aromatic rings. The topological polar surface area (TPSA) is 122 Å². The van der Waals surface area contributed by atoms with Crippen molar-refractivity contribution in [2.45, 2.75) is 38.8 Å². The molecule has 2 heterocycles. The number of carbonyl (C=O) groups excluding carboxylic acids is 1. The summed E-state index contributed by atoms with van der Waals surface area (Å²) in [6.07, 6.45) is 1.58. The fraction of sp³-hybridized carbons (Fsp3) is 0.240. The average molecular weight is 448 g/mol. The Morgan fingerprint density at radius 3 is 2.67 bits per heavy atom. The van der Waals surface area contributed by atoms with Crippen LogP contribution in [-0.2, 0) is 22.4 Å². The van der Waals surface area contributed by atoms with Crippen LogP contribution in [0.5, 0.6) is 5.75 Å². The fourth-order valence-electron chi connectivity index (χ4n) is 3.84. The molecule has 170 valence electrons. The van der Waals surface area contributed by atoms with Gasteiger partial charge in [-0.05, 0) is 42.7 Å². The predicted octanol–water partition coefficient (Wildman–Crippen LogP) is 3.42. The number of aromatic amines is 1. The van der Waals surface area contributed by atoms with Crippen LogP contribution in [0, 0.1) is 0 Å². The molecule has 1 unspecified atom stereocenters. The van der Waals surface area contributed by atoms with E-state index in [0.29, 0.717) is 17.8 Å². The molecular formula is C25H24N2O6. The van der Waals surface area contributed by atoms with Gasteiger partial charge in [0, 0.05) is 41.0 Å². The molecule has 2 aromatic heterocycles. The number of aromatic nitrogens is 1. The van der Waals surface area contributed by atoms with Crippen LogP contribution in [0.3, 0.4) is 0 Å². The standard InChI is InChI=1S/C25H24N2O6/c1-3-15-11-23(28)33-22-12-17(8-9-19(15)22)32-14(2)24(29)27-21(25(30)31)10-16-13-26-20-7-5-4-6-18(16)20/h4-9,11-14,21,26H,3,10H2,1-2H3,(H,27,29)(H,30,31)/t14?,21-/m0/s1. The summed E-state index contributed by atoms with van der Waals surface area (Å²) < 4.78 is 11.0. The van der Waals surface area contributed by atoms with E-state index in [9.17, 15) is 19.5 Å². The van der Waals surface area contributed by atoms with E-state index in [4.69, 9.17) is 9.15 Å². The number of fused-ring (bicyclic) bond motifs is 2. The van der Waals surface area contributed by atoms with Gasteiger partial charge < -0.3 is 24.6 Å². The highest BCUT2D eigenvalue weighted by Gasteiger charge is 2.25. The first-order valence-corrected chi connectivity index (χ1v) is 10.7. The Labute approximate surface area is 189 Å². The first kappa shape index (κ1) is 22.1. The van der Waals surface area contributed by atoms with Crippen LogP contribution < -0.4 is 15.7 Å². The lowest BCUT2D eigenvalue weighted by Crippen LogP contribution is -2.47. The second kappa shape index (κ2) is 9.20. The number of nitrogens with one attached hydrogen (secondary N) is 2. The highest BCUT2D eigenvalue weighted by Crippen LogP contribution is 2.24. The molecule has 1 amide bonds. The number of carboxylic acid groups (broad SMARTS) is 1. The molecule has 4 rings (SSSR count). The minimum absolute atomic E-state index is 0.124. The van der Waals surface area contributed by atoms with Crippen molar-refractivity contribution in [1.82, 2.24) is 10.3 Å². The van der Waals surface area contributed by atoms with E-state index in [1.54, 1.807) is 24.4 Å². The number of para-hydroxylation sites is 1. The van der Waals surface area contributed by atoms with Crippen molar-refractivity contribution in [1.29, 1.82) is 0 Å². The molecule has 3 N–H and O–H groups in total. The van der Waals surface area contributed by atoms with E-state index in [1.807, 2.05) is 31.2 Å². The second-order valence-electron chi connectivity index (χ2n) is 7.83. The van der Waals surface area contributed by atoms with Crippen LogP contribution >= 0.6 is 0 Å². The summed E-state index contributed by atoms with van der Waals surface area (Å²) in [5, 5.41) is 13.9. The largest absolute Gasteiger partial charge is 0.481 e. The van der Waals surface area contributed by atoms with Gasteiger partial charge in [-0.15, -0.1) is 0 Å². The second-order valence-corrected chi connectivity index (χ2v) is 7.83. The third-order valence-electron chi connectivity index (χ3n) is 5.58. The Morgan fingerprint density at radius 2 is 1.91 bits per heavy atom. The van der Waals surface area contributed by atoms with E-state index in [-0.39, 0.29) is 6.42 Å². The molecule has 8 heteroatoms. The SMILES string of the molecule is CCc1cc(=O)oc2cc(OC(C)C(=O)N[C@@H](Cc3c[nH]c4ccccc34)C(=O)O)ccc12. The number of benzene rings is 2. The van der Waals surface area contributed by atoms with Gasteiger partial charge >= 0.3 is 11.6 Å². The van der Waals surface area contributed by atoms with Crippen LogP contribution in [0.1, 0.15) is 25.0 Å². The number of amides is 1. The van der Waals surface area contributed by atoms with E-state index in [1.165, 1.54) is 13.0 Å². The van der Waals surface area contributed by atoms with Gasteiger partial charge in [0.05, 0.1) is 0 Å². The maximum atomic E-state index is 12.7. The van der Waals surface area contributed by atoms with Gasteiger partial charge in [-0.1, -0.05) is 25.1 Å². The summed E-state index contributed by atoms with van der Waals surface area (Å²) in [6, 6.07) is 12.9. The Bertz CT molecular complexity index is 1390. The van der Waals surface area contributed by atoms with Gasteiger partial charge in [0.1, 0.15) is 17.4 Å². The normalized spacial score (nSPS) is 13.0. The highest BCUT2D eigenvalue weighted by molar-refractivity contribution is 5.88. The number of hydrogen-bond acceptors (Lipinski definition) is 5. The Kier molecular flexibility index (Phi) is 6.17. The summed E-state index contributed by atoms with van der Waals surface area (Å²) in [5.41, 5.74) is 2.47. The maximum Gasteiger partial charge on any atom is 0.336 e. The molecule has 0 saturated heterocycles. The minimum atomic E-state index is -1.14. The number of rotatable bonds is 8.